The van der Waals surface area contributed by atoms with E-state index in [1.165, 1.54) is 5.56 Å². The molecule has 1 fully saturated rings. The van der Waals surface area contributed by atoms with E-state index >= 15 is 0 Å². The van der Waals surface area contributed by atoms with Crippen LogP contribution in [0.25, 0.3) is 0 Å². The first-order valence-electron chi connectivity index (χ1n) is 14.8. The number of aromatic nitrogens is 2. The predicted octanol–water partition coefficient (Wildman–Crippen LogP) is 6.51. The summed E-state index contributed by atoms with van der Waals surface area (Å²) >= 11 is 0. The van der Waals surface area contributed by atoms with E-state index in [0.29, 0.717) is 24.6 Å². The quantitative estimate of drug-likeness (QED) is 0.275. The molecular weight excluding hydrogens is 555 g/mol. The number of piperidine rings is 1. The Morgan fingerprint density at radius 3 is 2.49 bits per heavy atom. The Kier molecular flexibility index (Phi) is 8.30. The number of aryl methyl sites for hydroxylation is 3. The van der Waals surface area contributed by atoms with Crippen LogP contribution in [0.2, 0.25) is 0 Å². The van der Waals surface area contributed by atoms with Crippen LogP contribution < -0.4 is 10.6 Å². The third-order valence-electron chi connectivity index (χ3n) is 8.56. The molecule has 5 rings (SSSR count). The number of carbonyl (C=O) groups excluding carboxylic acids is 1. The highest BCUT2D eigenvalue weighted by molar-refractivity contribution is 6.06. The zero-order chi connectivity index (χ0) is 31.2. The normalized spacial score (nSPS) is 17.6. The Balaban J connectivity index is 1.32. The van der Waals surface area contributed by atoms with Crippen molar-refractivity contribution in [2.24, 2.45) is 0 Å². The highest BCUT2D eigenvalue weighted by atomic mass is 19.4. The molecule has 0 bridgehead atoms. The predicted molar refractivity (Wildman–Crippen MR) is 162 cm³/mol. The van der Waals surface area contributed by atoms with Gasteiger partial charge < -0.3 is 20.6 Å². The van der Waals surface area contributed by atoms with Gasteiger partial charge in [0.2, 0.25) is 11.9 Å². The number of hydrogen-bond acceptors (Lipinski definition) is 6. The van der Waals surface area contributed by atoms with Crippen LogP contribution in [0.3, 0.4) is 0 Å². The molecule has 2 aromatic carbocycles. The summed E-state index contributed by atoms with van der Waals surface area (Å²) in [5.74, 6) is 0.390. The lowest BCUT2D eigenvalue weighted by Crippen LogP contribution is -2.42. The maximum atomic E-state index is 13.9. The van der Waals surface area contributed by atoms with Crippen molar-refractivity contribution < 1.29 is 23.1 Å². The highest BCUT2D eigenvalue weighted by Crippen LogP contribution is 2.40. The lowest BCUT2D eigenvalue weighted by Gasteiger charge is -2.35. The molecule has 10 heteroatoms. The van der Waals surface area contributed by atoms with E-state index in [9.17, 15) is 23.1 Å². The molecule has 230 valence electrons. The summed E-state index contributed by atoms with van der Waals surface area (Å²) in [7, 11) is 0. The van der Waals surface area contributed by atoms with Crippen LogP contribution in [0.5, 0.6) is 0 Å². The van der Waals surface area contributed by atoms with Crippen LogP contribution in [0.1, 0.15) is 80.0 Å². The molecule has 0 radical (unpaired) electrons. The second kappa shape index (κ2) is 11.5. The number of amides is 1. The van der Waals surface area contributed by atoms with Gasteiger partial charge >= 0.3 is 6.18 Å². The Hall–Kier alpha value is -3.50. The van der Waals surface area contributed by atoms with Crippen LogP contribution >= 0.6 is 0 Å². The fraction of sp³-hybridized carbons (Fsp3) is 0.485. The lowest BCUT2D eigenvalue weighted by molar-refractivity contribution is -0.138. The second-order valence-corrected chi connectivity index (χ2v) is 13.0. The third kappa shape index (κ3) is 6.86. The van der Waals surface area contributed by atoms with Gasteiger partial charge in [0.25, 0.3) is 0 Å². The molecule has 0 atom stereocenters. The molecule has 1 aromatic heterocycles. The number of nitrogens with one attached hydrogen (secondary N) is 2. The zero-order valence-corrected chi connectivity index (χ0v) is 25.4. The number of alkyl halides is 3. The summed E-state index contributed by atoms with van der Waals surface area (Å²) in [5.41, 5.74) is 2.83. The molecule has 0 saturated carbocycles. The van der Waals surface area contributed by atoms with E-state index in [-0.39, 0.29) is 24.0 Å². The largest absolute Gasteiger partial charge is 0.419 e. The fourth-order valence-electron chi connectivity index (χ4n) is 6.37. The van der Waals surface area contributed by atoms with Gasteiger partial charge in [-0.25, -0.2) is 9.97 Å². The van der Waals surface area contributed by atoms with E-state index in [1.807, 2.05) is 52.8 Å². The number of hydrogen-bond donors (Lipinski definition) is 3. The van der Waals surface area contributed by atoms with Crippen LogP contribution in [0, 0.1) is 6.92 Å². The molecule has 1 amide bonds. The number of nitrogens with zero attached hydrogens (tertiary/aromatic N) is 3. The summed E-state index contributed by atoms with van der Waals surface area (Å²) in [6, 6.07) is 11.6. The van der Waals surface area contributed by atoms with E-state index in [2.05, 4.69) is 37.6 Å². The number of halogens is 3. The highest BCUT2D eigenvalue weighted by Gasteiger charge is 2.40. The zero-order valence-electron chi connectivity index (χ0n) is 25.4. The molecule has 0 spiro atoms. The molecule has 2 aliphatic rings. The van der Waals surface area contributed by atoms with Crippen LogP contribution in [0.4, 0.5) is 30.5 Å². The van der Waals surface area contributed by atoms with Gasteiger partial charge in [0.1, 0.15) is 0 Å². The molecule has 43 heavy (non-hydrogen) atoms. The Bertz CT molecular complexity index is 1510. The first kappa shape index (κ1) is 30.9. The van der Waals surface area contributed by atoms with Crippen molar-refractivity contribution in [1.82, 2.24) is 14.9 Å². The van der Waals surface area contributed by atoms with Crippen LogP contribution in [-0.2, 0) is 29.2 Å². The van der Waals surface area contributed by atoms with Gasteiger partial charge in [0, 0.05) is 24.1 Å². The molecule has 1 saturated heterocycles. The first-order chi connectivity index (χ1) is 20.1. The maximum absolute atomic E-state index is 13.9. The van der Waals surface area contributed by atoms with Gasteiger partial charge in [0.05, 0.1) is 22.3 Å². The minimum absolute atomic E-state index is 0.0385. The summed E-state index contributed by atoms with van der Waals surface area (Å²) in [5, 5.41) is 16.1. The minimum atomic E-state index is -4.59. The summed E-state index contributed by atoms with van der Waals surface area (Å²) in [4.78, 5) is 23.1. The summed E-state index contributed by atoms with van der Waals surface area (Å²) < 4.78 is 41.8. The average molecular weight is 596 g/mol. The van der Waals surface area contributed by atoms with Crippen molar-refractivity contribution in [3.05, 3.63) is 76.1 Å². The average Bonchev–Trinajstić information content (AvgIpc) is 3.15. The number of fused-ring (bicyclic) bond motifs is 1. The van der Waals surface area contributed by atoms with Gasteiger partial charge in [-0.15, -0.1) is 0 Å². The monoisotopic (exact) mass is 595 g/mol. The molecule has 3 N–H and O–H groups in total. The Labute approximate surface area is 250 Å². The van der Waals surface area contributed by atoms with Crippen molar-refractivity contribution in [2.75, 3.05) is 30.3 Å². The molecule has 7 nitrogen and oxygen atoms in total. The Morgan fingerprint density at radius 2 is 1.84 bits per heavy atom. The van der Waals surface area contributed by atoms with Gasteiger partial charge in [-0.1, -0.05) is 24.3 Å². The van der Waals surface area contributed by atoms with Crippen molar-refractivity contribution in [3.8, 4) is 0 Å². The number of carbonyl (C=O) groups is 1. The number of aliphatic hydroxyl groups is 1. The lowest BCUT2D eigenvalue weighted by atomic mass is 9.82. The molecule has 0 unspecified atom stereocenters. The van der Waals surface area contributed by atoms with E-state index in [4.69, 9.17) is 0 Å². The van der Waals surface area contributed by atoms with E-state index < -0.39 is 22.8 Å². The number of rotatable bonds is 8. The number of likely N-dealkylation sites (tertiary alicyclic amines) is 1. The summed E-state index contributed by atoms with van der Waals surface area (Å²) in [6.45, 7) is 11.8. The second-order valence-electron chi connectivity index (χ2n) is 13.0. The Morgan fingerprint density at radius 1 is 1.12 bits per heavy atom. The summed E-state index contributed by atoms with van der Waals surface area (Å²) in [6.07, 6.45) is -1.41. The van der Waals surface area contributed by atoms with Gasteiger partial charge in [-0.2, -0.15) is 13.2 Å². The van der Waals surface area contributed by atoms with E-state index in [1.54, 1.807) is 6.07 Å². The molecule has 2 aliphatic heterocycles. The van der Waals surface area contributed by atoms with Crippen LogP contribution in [0.15, 0.2) is 42.6 Å². The standard InChI is InChI=1S/C33H40F3N5O2/c1-20-17-23(21-13-15-41(16-14-21)19-31(2,3)43)10-11-25(20)39-30-37-18-24(33(34,35)36)26(40-30)12-9-22-7-6-8-27-28(22)32(4,5)29(42)38-27/h6-8,10-11,17-18,21,43H,9,12-16,19H2,1-5H3,(H,38,42)(H,37,39,40). The van der Waals surface area contributed by atoms with E-state index in [0.717, 1.165) is 54.5 Å². The van der Waals surface area contributed by atoms with Crippen molar-refractivity contribution in [3.63, 3.8) is 0 Å². The SMILES string of the molecule is Cc1cc(C2CCN(CC(C)(C)O)CC2)ccc1Nc1ncc(C(F)(F)F)c(CCc2cccc3c2C(C)(C)C(=O)N3)n1. The maximum Gasteiger partial charge on any atom is 0.419 e. The molecule has 3 heterocycles. The smallest absolute Gasteiger partial charge is 0.389 e. The van der Waals surface area contributed by atoms with Gasteiger partial charge in [-0.05, 0) is 114 Å². The molecule has 0 aliphatic carbocycles. The third-order valence-corrected chi connectivity index (χ3v) is 8.56. The minimum Gasteiger partial charge on any atom is -0.389 e. The molecule has 3 aromatic rings. The number of benzene rings is 2. The molecular formula is C33H40F3N5O2. The number of β-amino-alcohol motifs (C(OH)–C–C–N with tert-alkyl or cyclic N) is 1. The topological polar surface area (TPSA) is 90.4 Å². The van der Waals surface area contributed by atoms with Gasteiger partial charge in [0.15, 0.2) is 0 Å². The van der Waals surface area contributed by atoms with Crippen molar-refractivity contribution in [1.29, 1.82) is 0 Å². The van der Waals surface area contributed by atoms with Gasteiger partial charge in [-0.3, -0.25) is 4.79 Å². The van der Waals surface area contributed by atoms with Crippen LogP contribution in [-0.4, -0.2) is 51.1 Å². The first-order valence-corrected chi connectivity index (χ1v) is 14.8. The fourth-order valence-corrected chi connectivity index (χ4v) is 6.37. The van der Waals surface area contributed by atoms with Crippen molar-refractivity contribution >= 4 is 23.2 Å². The number of anilines is 3. The van der Waals surface area contributed by atoms with Crippen molar-refractivity contribution in [2.45, 2.75) is 83.4 Å².